The fourth-order valence-corrected chi connectivity index (χ4v) is 2.40. The van der Waals surface area contributed by atoms with Crippen molar-refractivity contribution in [2.75, 3.05) is 0 Å². The molecule has 15 heavy (non-hydrogen) atoms. The van der Waals surface area contributed by atoms with Crippen molar-refractivity contribution in [2.45, 2.75) is 52.1 Å². The van der Waals surface area contributed by atoms with Gasteiger partial charge < -0.3 is 5.73 Å². The van der Waals surface area contributed by atoms with E-state index in [1.54, 1.807) is 0 Å². The van der Waals surface area contributed by atoms with Gasteiger partial charge in [0.15, 0.2) is 5.82 Å². The van der Waals surface area contributed by atoms with E-state index in [9.17, 15) is 0 Å². The Bertz CT molecular complexity index is 324. The molecule has 1 aromatic heterocycles. The summed E-state index contributed by atoms with van der Waals surface area (Å²) in [7, 11) is 0. The molecule has 0 amide bonds. The first-order chi connectivity index (χ1) is 7.11. The first kappa shape index (κ1) is 10.5. The van der Waals surface area contributed by atoms with Crippen LogP contribution in [0.2, 0.25) is 0 Å². The molecule has 1 heterocycles. The highest BCUT2D eigenvalue weighted by molar-refractivity contribution is 4.90. The van der Waals surface area contributed by atoms with Crippen molar-refractivity contribution in [3.05, 3.63) is 5.82 Å². The summed E-state index contributed by atoms with van der Waals surface area (Å²) in [5.41, 5.74) is 6.17. The second-order valence-corrected chi connectivity index (χ2v) is 5.00. The number of rotatable bonds is 3. The van der Waals surface area contributed by atoms with Gasteiger partial charge in [0.25, 0.3) is 0 Å². The SMILES string of the molecule is CC(N)c1nnnn1CC1(C)CCCC1. The van der Waals surface area contributed by atoms with E-state index in [1.807, 2.05) is 11.6 Å². The van der Waals surface area contributed by atoms with Gasteiger partial charge in [-0.15, -0.1) is 5.10 Å². The molecule has 2 rings (SSSR count). The van der Waals surface area contributed by atoms with Crippen LogP contribution in [0, 0.1) is 5.41 Å². The molecule has 1 aromatic rings. The molecule has 0 bridgehead atoms. The molecule has 1 saturated carbocycles. The van der Waals surface area contributed by atoms with E-state index in [-0.39, 0.29) is 6.04 Å². The van der Waals surface area contributed by atoms with Crippen molar-refractivity contribution in [3.63, 3.8) is 0 Å². The zero-order valence-corrected chi connectivity index (χ0v) is 9.48. The summed E-state index contributed by atoms with van der Waals surface area (Å²) in [6, 6.07) is -0.0926. The number of hydrogen-bond acceptors (Lipinski definition) is 4. The molecule has 0 aromatic carbocycles. The molecule has 0 saturated heterocycles. The first-order valence-corrected chi connectivity index (χ1v) is 5.62. The van der Waals surface area contributed by atoms with E-state index in [0.717, 1.165) is 12.4 Å². The topological polar surface area (TPSA) is 69.6 Å². The third-order valence-corrected chi connectivity index (χ3v) is 3.31. The number of nitrogens with two attached hydrogens (primary N) is 1. The lowest BCUT2D eigenvalue weighted by molar-refractivity contribution is 0.259. The van der Waals surface area contributed by atoms with Crippen LogP contribution in [0.4, 0.5) is 0 Å². The Morgan fingerprint density at radius 2 is 2.13 bits per heavy atom. The molecular formula is C10H19N5. The third kappa shape index (κ3) is 2.17. The first-order valence-electron chi connectivity index (χ1n) is 5.62. The second-order valence-electron chi connectivity index (χ2n) is 5.00. The van der Waals surface area contributed by atoms with Crippen LogP contribution in [0.1, 0.15) is 51.4 Å². The predicted octanol–water partition coefficient (Wildman–Crippen LogP) is 1.27. The lowest BCUT2D eigenvalue weighted by Gasteiger charge is -2.23. The summed E-state index contributed by atoms with van der Waals surface area (Å²) < 4.78 is 1.87. The maximum Gasteiger partial charge on any atom is 0.167 e. The zero-order chi connectivity index (χ0) is 10.9. The van der Waals surface area contributed by atoms with Crippen molar-refractivity contribution in [2.24, 2.45) is 11.1 Å². The van der Waals surface area contributed by atoms with E-state index >= 15 is 0 Å². The Kier molecular flexibility index (Phi) is 2.73. The summed E-state index contributed by atoms with van der Waals surface area (Å²) in [4.78, 5) is 0. The van der Waals surface area contributed by atoms with E-state index < -0.39 is 0 Å². The molecule has 1 atom stereocenters. The highest BCUT2D eigenvalue weighted by Gasteiger charge is 2.30. The maximum atomic E-state index is 5.81. The molecule has 0 spiro atoms. The lowest BCUT2D eigenvalue weighted by atomic mass is 9.89. The van der Waals surface area contributed by atoms with Crippen molar-refractivity contribution in [1.82, 2.24) is 20.2 Å². The Morgan fingerprint density at radius 1 is 1.47 bits per heavy atom. The minimum Gasteiger partial charge on any atom is -0.322 e. The molecule has 0 radical (unpaired) electrons. The average molecular weight is 209 g/mol. The maximum absolute atomic E-state index is 5.81. The Balaban J connectivity index is 2.13. The normalized spacial score (nSPS) is 21.8. The molecule has 5 nitrogen and oxygen atoms in total. The summed E-state index contributed by atoms with van der Waals surface area (Å²) in [6.07, 6.45) is 5.19. The molecule has 5 heteroatoms. The number of aromatic nitrogens is 4. The van der Waals surface area contributed by atoms with Gasteiger partial charge in [0, 0.05) is 0 Å². The van der Waals surface area contributed by atoms with E-state index in [0.29, 0.717) is 5.41 Å². The molecule has 2 N–H and O–H groups in total. The molecule has 1 aliphatic rings. The standard InChI is InChI=1S/C10H19N5/c1-8(11)9-12-13-14-15(9)7-10(2)5-3-4-6-10/h8H,3-7,11H2,1-2H3. The molecule has 1 fully saturated rings. The fraction of sp³-hybridized carbons (Fsp3) is 0.900. The fourth-order valence-electron chi connectivity index (χ4n) is 2.40. The van der Waals surface area contributed by atoms with Crippen molar-refractivity contribution >= 4 is 0 Å². The van der Waals surface area contributed by atoms with Gasteiger partial charge in [-0.05, 0) is 35.6 Å². The average Bonchev–Trinajstić information content (AvgIpc) is 2.75. The van der Waals surface area contributed by atoms with Crippen LogP contribution >= 0.6 is 0 Å². The Morgan fingerprint density at radius 3 is 2.73 bits per heavy atom. The molecule has 1 unspecified atom stereocenters. The highest BCUT2D eigenvalue weighted by atomic mass is 15.5. The highest BCUT2D eigenvalue weighted by Crippen LogP contribution is 2.38. The van der Waals surface area contributed by atoms with E-state index in [1.165, 1.54) is 25.7 Å². The third-order valence-electron chi connectivity index (χ3n) is 3.31. The van der Waals surface area contributed by atoms with Crippen LogP contribution in [0.5, 0.6) is 0 Å². The molecule has 0 aliphatic heterocycles. The van der Waals surface area contributed by atoms with Gasteiger partial charge >= 0.3 is 0 Å². The monoisotopic (exact) mass is 209 g/mol. The van der Waals surface area contributed by atoms with Crippen molar-refractivity contribution in [3.8, 4) is 0 Å². The van der Waals surface area contributed by atoms with Gasteiger partial charge in [0.1, 0.15) is 0 Å². The summed E-state index contributed by atoms with van der Waals surface area (Å²) in [6.45, 7) is 5.13. The van der Waals surface area contributed by atoms with Gasteiger partial charge in [-0.3, -0.25) is 0 Å². The van der Waals surface area contributed by atoms with E-state index in [4.69, 9.17) is 5.73 Å². The van der Waals surface area contributed by atoms with Crippen LogP contribution in [0.3, 0.4) is 0 Å². The summed E-state index contributed by atoms with van der Waals surface area (Å²) >= 11 is 0. The van der Waals surface area contributed by atoms with Gasteiger partial charge in [-0.25, -0.2) is 4.68 Å². The van der Waals surface area contributed by atoms with Gasteiger partial charge in [-0.1, -0.05) is 19.8 Å². The smallest absolute Gasteiger partial charge is 0.167 e. The van der Waals surface area contributed by atoms with Crippen LogP contribution in [-0.2, 0) is 6.54 Å². The zero-order valence-electron chi connectivity index (χ0n) is 9.48. The lowest BCUT2D eigenvalue weighted by Crippen LogP contribution is -2.24. The van der Waals surface area contributed by atoms with Crippen molar-refractivity contribution < 1.29 is 0 Å². The molecule has 84 valence electrons. The molecule has 1 aliphatic carbocycles. The quantitative estimate of drug-likeness (QED) is 0.814. The van der Waals surface area contributed by atoms with Gasteiger partial charge in [-0.2, -0.15) is 0 Å². The molecular weight excluding hydrogens is 190 g/mol. The second kappa shape index (κ2) is 3.89. The number of nitrogens with zero attached hydrogens (tertiary/aromatic N) is 4. The van der Waals surface area contributed by atoms with Crippen LogP contribution < -0.4 is 5.73 Å². The number of tetrazole rings is 1. The van der Waals surface area contributed by atoms with Gasteiger partial charge in [0.05, 0.1) is 12.6 Å². The van der Waals surface area contributed by atoms with Crippen molar-refractivity contribution in [1.29, 1.82) is 0 Å². The minimum absolute atomic E-state index is 0.0926. The Labute approximate surface area is 90.0 Å². The summed E-state index contributed by atoms with van der Waals surface area (Å²) in [5.74, 6) is 0.795. The van der Waals surface area contributed by atoms with Crippen LogP contribution in [-0.4, -0.2) is 20.2 Å². The van der Waals surface area contributed by atoms with Gasteiger partial charge in [0.2, 0.25) is 0 Å². The van der Waals surface area contributed by atoms with Crippen LogP contribution in [0.25, 0.3) is 0 Å². The van der Waals surface area contributed by atoms with E-state index in [2.05, 4.69) is 22.4 Å². The number of hydrogen-bond donors (Lipinski definition) is 1. The van der Waals surface area contributed by atoms with Crippen LogP contribution in [0.15, 0.2) is 0 Å². The Hall–Kier alpha value is -0.970. The minimum atomic E-state index is -0.0926. The largest absolute Gasteiger partial charge is 0.322 e. The predicted molar refractivity (Wildman–Crippen MR) is 57.0 cm³/mol. The summed E-state index contributed by atoms with van der Waals surface area (Å²) in [5, 5.41) is 11.7.